The second-order valence-corrected chi connectivity index (χ2v) is 6.34. The summed E-state index contributed by atoms with van der Waals surface area (Å²) in [5.41, 5.74) is 4.72. The Bertz CT molecular complexity index is 791. The molecule has 2 aromatic carbocycles. The van der Waals surface area contributed by atoms with Crippen LogP contribution in [-0.2, 0) is 4.79 Å². The van der Waals surface area contributed by atoms with Crippen LogP contribution in [0.25, 0.3) is 0 Å². The lowest BCUT2D eigenvalue weighted by molar-refractivity contribution is -0.123. The van der Waals surface area contributed by atoms with E-state index < -0.39 is 5.91 Å². The fourth-order valence-electron chi connectivity index (χ4n) is 2.19. The van der Waals surface area contributed by atoms with Gasteiger partial charge in [0.25, 0.3) is 5.91 Å². The Hall–Kier alpha value is -2.40. The van der Waals surface area contributed by atoms with Crippen molar-refractivity contribution in [3.8, 4) is 5.75 Å². The quantitative estimate of drug-likeness (QED) is 0.610. The fraction of sp³-hybridized carbons (Fsp3) is 0.263. The Kier molecular flexibility index (Phi) is 6.53. The molecule has 0 radical (unpaired) electrons. The number of benzene rings is 2. The van der Waals surface area contributed by atoms with Gasteiger partial charge in [0.15, 0.2) is 6.61 Å². The van der Waals surface area contributed by atoms with Crippen LogP contribution in [0.2, 0.25) is 5.02 Å². The average Bonchev–Trinajstić information content (AvgIpc) is 2.55. The van der Waals surface area contributed by atoms with E-state index in [0.717, 1.165) is 11.1 Å². The fourth-order valence-corrected chi connectivity index (χ4v) is 2.36. The highest BCUT2D eigenvalue weighted by Gasteiger charge is 2.12. The Balaban J connectivity index is 1.95. The topological polar surface area (TPSA) is 50.7 Å². The summed E-state index contributed by atoms with van der Waals surface area (Å²) in [5, 5.41) is 4.46. The molecule has 25 heavy (non-hydrogen) atoms. The minimum absolute atomic E-state index is 0.179. The molecule has 6 heteroatoms. The van der Waals surface area contributed by atoms with Crippen molar-refractivity contribution in [3.63, 3.8) is 0 Å². The zero-order valence-electron chi connectivity index (χ0n) is 14.3. The van der Waals surface area contributed by atoms with Gasteiger partial charge in [0.2, 0.25) is 0 Å². The molecule has 0 aliphatic rings. The minimum Gasteiger partial charge on any atom is -0.483 e. The Morgan fingerprint density at radius 3 is 2.80 bits per heavy atom. The van der Waals surface area contributed by atoms with Gasteiger partial charge in [-0.05, 0) is 53.8 Å². The van der Waals surface area contributed by atoms with Gasteiger partial charge in [-0.3, -0.25) is 4.79 Å². The molecule has 2 aromatic rings. The zero-order chi connectivity index (χ0) is 18.4. The second kappa shape index (κ2) is 8.62. The molecule has 2 rings (SSSR count). The summed E-state index contributed by atoms with van der Waals surface area (Å²) in [6.45, 7) is 5.75. The van der Waals surface area contributed by atoms with E-state index in [0.29, 0.717) is 16.3 Å². The van der Waals surface area contributed by atoms with Crippen LogP contribution in [-0.4, -0.2) is 18.7 Å². The molecule has 1 N–H and O–H groups in total. The molecule has 0 atom stereocenters. The third kappa shape index (κ3) is 5.57. The van der Waals surface area contributed by atoms with Crippen LogP contribution in [0.5, 0.6) is 5.75 Å². The van der Waals surface area contributed by atoms with Crippen molar-refractivity contribution in [1.29, 1.82) is 0 Å². The number of aryl methyl sites for hydroxylation is 1. The van der Waals surface area contributed by atoms with Crippen LogP contribution >= 0.6 is 11.6 Å². The van der Waals surface area contributed by atoms with Gasteiger partial charge < -0.3 is 4.74 Å². The van der Waals surface area contributed by atoms with E-state index >= 15 is 0 Å². The number of halogens is 2. The van der Waals surface area contributed by atoms with E-state index in [2.05, 4.69) is 10.5 Å². The third-order valence-electron chi connectivity index (χ3n) is 3.52. The van der Waals surface area contributed by atoms with Crippen molar-refractivity contribution >= 4 is 23.7 Å². The predicted molar refractivity (Wildman–Crippen MR) is 97.9 cm³/mol. The van der Waals surface area contributed by atoms with Gasteiger partial charge in [-0.1, -0.05) is 37.6 Å². The van der Waals surface area contributed by atoms with Crippen molar-refractivity contribution in [2.75, 3.05) is 6.61 Å². The molecule has 0 heterocycles. The van der Waals surface area contributed by atoms with Crippen LogP contribution in [0.4, 0.5) is 4.39 Å². The molecular weight excluding hydrogens is 343 g/mol. The number of carbonyl (C=O) groups is 1. The standard InChI is InChI=1S/C19H20ClFN2O2/c1-12(2)16-9-17(20)13(3)7-18(16)25-11-19(24)23-22-10-14-5-4-6-15(21)8-14/h4-10,12H,11H2,1-3H3,(H,23,24)/b22-10-. The molecule has 0 saturated carbocycles. The first kappa shape index (κ1) is 18.9. The van der Waals surface area contributed by atoms with Crippen LogP contribution in [0.15, 0.2) is 41.5 Å². The summed E-state index contributed by atoms with van der Waals surface area (Å²) in [6, 6.07) is 9.58. The lowest BCUT2D eigenvalue weighted by Crippen LogP contribution is -2.25. The van der Waals surface area contributed by atoms with Crippen LogP contribution in [0, 0.1) is 12.7 Å². The first-order chi connectivity index (χ1) is 11.9. The number of hydrogen-bond acceptors (Lipinski definition) is 3. The number of rotatable bonds is 6. The minimum atomic E-state index is -0.407. The molecule has 4 nitrogen and oxygen atoms in total. The Labute approximate surface area is 151 Å². The molecule has 132 valence electrons. The monoisotopic (exact) mass is 362 g/mol. The van der Waals surface area contributed by atoms with Crippen molar-refractivity contribution in [1.82, 2.24) is 5.43 Å². The van der Waals surface area contributed by atoms with E-state index in [1.54, 1.807) is 12.1 Å². The number of amides is 1. The number of hydrogen-bond donors (Lipinski definition) is 1. The maximum absolute atomic E-state index is 13.0. The third-order valence-corrected chi connectivity index (χ3v) is 3.93. The van der Waals surface area contributed by atoms with E-state index in [1.807, 2.05) is 32.9 Å². The van der Waals surface area contributed by atoms with E-state index in [1.165, 1.54) is 18.3 Å². The summed E-state index contributed by atoms with van der Waals surface area (Å²) < 4.78 is 18.7. The average molecular weight is 363 g/mol. The second-order valence-electron chi connectivity index (χ2n) is 5.93. The smallest absolute Gasteiger partial charge is 0.277 e. The van der Waals surface area contributed by atoms with Gasteiger partial charge in [-0.15, -0.1) is 0 Å². The largest absolute Gasteiger partial charge is 0.483 e. The molecule has 0 aliphatic carbocycles. The Morgan fingerprint density at radius 1 is 1.36 bits per heavy atom. The highest BCUT2D eigenvalue weighted by Crippen LogP contribution is 2.31. The normalized spacial score (nSPS) is 11.1. The first-order valence-corrected chi connectivity index (χ1v) is 8.25. The molecular formula is C19H20ClFN2O2. The number of carbonyl (C=O) groups excluding carboxylic acids is 1. The van der Waals surface area contributed by atoms with Gasteiger partial charge in [0.05, 0.1) is 6.21 Å². The van der Waals surface area contributed by atoms with Crippen LogP contribution in [0.3, 0.4) is 0 Å². The lowest BCUT2D eigenvalue weighted by Gasteiger charge is -2.15. The van der Waals surface area contributed by atoms with E-state index in [9.17, 15) is 9.18 Å². The number of nitrogens with zero attached hydrogens (tertiary/aromatic N) is 1. The lowest BCUT2D eigenvalue weighted by atomic mass is 10.0. The van der Waals surface area contributed by atoms with Gasteiger partial charge in [-0.2, -0.15) is 5.10 Å². The summed E-state index contributed by atoms with van der Waals surface area (Å²) in [4.78, 5) is 11.9. The summed E-state index contributed by atoms with van der Waals surface area (Å²) in [7, 11) is 0. The molecule has 0 aliphatic heterocycles. The molecule has 0 aromatic heterocycles. The van der Waals surface area contributed by atoms with Crippen molar-refractivity contribution < 1.29 is 13.9 Å². The molecule has 0 saturated heterocycles. The number of nitrogens with one attached hydrogen (secondary N) is 1. The first-order valence-electron chi connectivity index (χ1n) is 7.87. The molecule has 1 amide bonds. The maximum atomic E-state index is 13.0. The van der Waals surface area contributed by atoms with Gasteiger partial charge in [0, 0.05) is 5.02 Å². The van der Waals surface area contributed by atoms with Gasteiger partial charge in [0.1, 0.15) is 11.6 Å². The summed E-state index contributed by atoms with van der Waals surface area (Å²) >= 11 is 6.15. The zero-order valence-corrected chi connectivity index (χ0v) is 15.1. The summed E-state index contributed by atoms with van der Waals surface area (Å²) in [5.74, 6) is 0.0659. The van der Waals surface area contributed by atoms with Crippen LogP contribution in [0.1, 0.15) is 36.5 Å². The highest BCUT2D eigenvalue weighted by molar-refractivity contribution is 6.31. The number of hydrazone groups is 1. The Morgan fingerprint density at radius 2 is 2.12 bits per heavy atom. The van der Waals surface area contributed by atoms with Crippen LogP contribution < -0.4 is 10.2 Å². The van der Waals surface area contributed by atoms with Crippen molar-refractivity contribution in [2.24, 2.45) is 5.10 Å². The molecule has 0 spiro atoms. The SMILES string of the molecule is Cc1cc(OCC(=O)N/N=C\c2cccc(F)c2)c(C(C)C)cc1Cl. The highest BCUT2D eigenvalue weighted by atomic mass is 35.5. The van der Waals surface area contributed by atoms with Crippen molar-refractivity contribution in [3.05, 3.63) is 63.9 Å². The van der Waals surface area contributed by atoms with E-state index in [-0.39, 0.29) is 18.3 Å². The summed E-state index contributed by atoms with van der Waals surface area (Å²) in [6.07, 6.45) is 1.37. The van der Waals surface area contributed by atoms with Gasteiger partial charge in [-0.25, -0.2) is 9.82 Å². The van der Waals surface area contributed by atoms with E-state index in [4.69, 9.17) is 16.3 Å². The van der Waals surface area contributed by atoms with Gasteiger partial charge >= 0.3 is 0 Å². The molecule has 0 unspecified atom stereocenters. The van der Waals surface area contributed by atoms with Crippen molar-refractivity contribution in [2.45, 2.75) is 26.7 Å². The number of ether oxygens (including phenoxy) is 1. The molecule has 0 fully saturated rings. The maximum Gasteiger partial charge on any atom is 0.277 e. The predicted octanol–water partition coefficient (Wildman–Crippen LogP) is 4.44. The molecule has 0 bridgehead atoms.